The molecule has 1 aromatic carbocycles. The number of ether oxygens (including phenoxy) is 1. The van der Waals surface area contributed by atoms with Gasteiger partial charge >= 0.3 is 5.97 Å². The van der Waals surface area contributed by atoms with Crippen LogP contribution < -0.4 is 5.32 Å². The van der Waals surface area contributed by atoms with Gasteiger partial charge in [0.25, 0.3) is 5.91 Å². The molecular weight excluding hydrogens is 316 g/mol. The zero-order valence-electron chi connectivity index (χ0n) is 15.0. The van der Waals surface area contributed by atoms with Crippen LogP contribution in [0, 0.1) is 5.92 Å². The molecule has 0 aliphatic heterocycles. The number of nitrogens with zero attached hydrogens (tertiary/aromatic N) is 1. The molecule has 0 saturated carbocycles. The van der Waals surface area contributed by atoms with E-state index >= 15 is 0 Å². The lowest BCUT2D eigenvalue weighted by atomic mass is 9.99. The number of para-hydroxylation sites is 1. The van der Waals surface area contributed by atoms with Gasteiger partial charge in [-0.15, -0.1) is 0 Å². The molecule has 25 heavy (non-hydrogen) atoms. The van der Waals surface area contributed by atoms with E-state index in [0.29, 0.717) is 12.5 Å². The van der Waals surface area contributed by atoms with Crippen LogP contribution in [0.3, 0.4) is 0 Å². The van der Waals surface area contributed by atoms with Crippen LogP contribution in [-0.2, 0) is 9.53 Å². The van der Waals surface area contributed by atoms with Crippen molar-refractivity contribution < 1.29 is 14.3 Å². The lowest BCUT2D eigenvalue weighted by molar-refractivity contribution is -0.124. The number of rotatable bonds is 9. The number of carbonyl (C=O) groups excluding carboxylic acids is 2. The largest absolute Gasteiger partial charge is 0.451 e. The Morgan fingerprint density at radius 1 is 1.16 bits per heavy atom. The fourth-order valence-electron chi connectivity index (χ4n) is 2.64. The van der Waals surface area contributed by atoms with Gasteiger partial charge in [0.05, 0.1) is 5.52 Å². The molecule has 5 nitrogen and oxygen atoms in total. The lowest BCUT2D eigenvalue weighted by Gasteiger charge is -2.15. The molecule has 0 fully saturated rings. The molecule has 1 aromatic heterocycles. The van der Waals surface area contributed by atoms with Crippen LogP contribution in [0.2, 0.25) is 0 Å². The van der Waals surface area contributed by atoms with Crippen LogP contribution in [0.4, 0.5) is 0 Å². The Bertz CT molecular complexity index is 715. The Hall–Kier alpha value is -2.43. The van der Waals surface area contributed by atoms with Crippen molar-refractivity contribution in [1.82, 2.24) is 10.3 Å². The zero-order chi connectivity index (χ0) is 18.1. The predicted octanol–water partition coefficient (Wildman–Crippen LogP) is 3.72. The minimum absolute atomic E-state index is 0.209. The molecule has 0 bridgehead atoms. The molecule has 5 heteroatoms. The smallest absolute Gasteiger partial charge is 0.357 e. The summed E-state index contributed by atoms with van der Waals surface area (Å²) in [6, 6.07) is 11.0. The van der Waals surface area contributed by atoms with E-state index in [1.54, 1.807) is 6.07 Å². The van der Waals surface area contributed by atoms with E-state index in [0.717, 1.165) is 36.6 Å². The highest BCUT2D eigenvalue weighted by atomic mass is 16.5. The standard InChI is InChI=1S/C20H26N2O3/c1-3-5-8-15(4-2)13-21-19(23)14-25-20(24)18-12-11-16-9-6-7-10-17(16)22-18/h6-7,9-12,15H,3-5,8,13-14H2,1-2H3,(H,21,23)/t15-/m0/s1. The average Bonchev–Trinajstić information content (AvgIpc) is 2.65. The Morgan fingerprint density at radius 3 is 2.72 bits per heavy atom. The van der Waals surface area contributed by atoms with Gasteiger partial charge in [-0.3, -0.25) is 4.79 Å². The number of hydrogen-bond acceptors (Lipinski definition) is 4. The van der Waals surface area contributed by atoms with E-state index in [2.05, 4.69) is 24.1 Å². The van der Waals surface area contributed by atoms with Crippen LogP contribution in [0.5, 0.6) is 0 Å². The summed E-state index contributed by atoms with van der Waals surface area (Å²) >= 11 is 0. The van der Waals surface area contributed by atoms with Gasteiger partial charge in [-0.05, 0) is 24.5 Å². The minimum atomic E-state index is -0.584. The van der Waals surface area contributed by atoms with Crippen molar-refractivity contribution in [3.63, 3.8) is 0 Å². The quantitative estimate of drug-likeness (QED) is 0.705. The summed E-state index contributed by atoms with van der Waals surface area (Å²) in [5.41, 5.74) is 0.934. The molecule has 0 aliphatic rings. The first-order valence-corrected chi connectivity index (χ1v) is 8.93. The topological polar surface area (TPSA) is 68.3 Å². The maximum Gasteiger partial charge on any atom is 0.357 e. The minimum Gasteiger partial charge on any atom is -0.451 e. The first-order valence-electron chi connectivity index (χ1n) is 8.93. The summed E-state index contributed by atoms with van der Waals surface area (Å²) in [6.07, 6.45) is 4.45. The van der Waals surface area contributed by atoms with Gasteiger partial charge < -0.3 is 10.1 Å². The number of unbranched alkanes of at least 4 members (excludes halogenated alkanes) is 1. The zero-order valence-corrected chi connectivity index (χ0v) is 15.0. The number of esters is 1. The summed E-state index contributed by atoms with van der Waals surface area (Å²) in [4.78, 5) is 28.2. The normalized spacial score (nSPS) is 11.9. The van der Waals surface area contributed by atoms with Crippen molar-refractivity contribution in [2.24, 2.45) is 5.92 Å². The molecule has 1 heterocycles. The van der Waals surface area contributed by atoms with Crippen molar-refractivity contribution in [3.8, 4) is 0 Å². The van der Waals surface area contributed by atoms with E-state index in [1.165, 1.54) is 0 Å². The second-order valence-corrected chi connectivity index (χ2v) is 6.19. The molecule has 2 aromatic rings. The average molecular weight is 342 g/mol. The molecule has 1 atom stereocenters. The number of fused-ring (bicyclic) bond motifs is 1. The van der Waals surface area contributed by atoms with Gasteiger partial charge in [-0.2, -0.15) is 0 Å². The van der Waals surface area contributed by atoms with Gasteiger partial charge in [0.2, 0.25) is 0 Å². The Morgan fingerprint density at radius 2 is 1.96 bits per heavy atom. The summed E-state index contributed by atoms with van der Waals surface area (Å²) < 4.78 is 5.07. The molecular formula is C20H26N2O3. The Balaban J connectivity index is 1.81. The molecule has 0 radical (unpaired) electrons. The molecule has 0 aliphatic carbocycles. The number of amides is 1. The van der Waals surface area contributed by atoms with Gasteiger partial charge in [-0.25, -0.2) is 9.78 Å². The van der Waals surface area contributed by atoms with Crippen LogP contribution >= 0.6 is 0 Å². The second kappa shape index (κ2) is 9.77. The number of carbonyl (C=O) groups is 2. The molecule has 134 valence electrons. The molecule has 0 saturated heterocycles. The van der Waals surface area contributed by atoms with E-state index in [1.807, 2.05) is 30.3 Å². The maximum atomic E-state index is 12.1. The summed E-state index contributed by atoms with van der Waals surface area (Å²) in [5.74, 6) is -0.384. The third kappa shape index (κ3) is 5.85. The van der Waals surface area contributed by atoms with E-state index in [4.69, 9.17) is 4.74 Å². The number of nitrogens with one attached hydrogen (secondary N) is 1. The number of benzene rings is 1. The van der Waals surface area contributed by atoms with Crippen LogP contribution in [-0.4, -0.2) is 30.0 Å². The summed E-state index contributed by atoms with van der Waals surface area (Å²) in [7, 11) is 0. The fourth-order valence-corrected chi connectivity index (χ4v) is 2.64. The molecule has 0 spiro atoms. The highest BCUT2D eigenvalue weighted by Gasteiger charge is 2.13. The monoisotopic (exact) mass is 342 g/mol. The van der Waals surface area contributed by atoms with Crippen molar-refractivity contribution in [1.29, 1.82) is 0 Å². The molecule has 1 amide bonds. The SMILES string of the molecule is CCCC[C@H](CC)CNC(=O)COC(=O)c1ccc2ccccc2n1. The van der Waals surface area contributed by atoms with Crippen LogP contribution in [0.15, 0.2) is 36.4 Å². The first kappa shape index (κ1) is 18.9. The second-order valence-electron chi connectivity index (χ2n) is 6.19. The first-order chi connectivity index (χ1) is 12.1. The van der Waals surface area contributed by atoms with Gasteiger partial charge in [0.15, 0.2) is 6.61 Å². The molecule has 2 rings (SSSR count). The van der Waals surface area contributed by atoms with Crippen molar-refractivity contribution in [2.45, 2.75) is 39.5 Å². The number of hydrogen-bond donors (Lipinski definition) is 1. The predicted molar refractivity (Wildman–Crippen MR) is 98.3 cm³/mol. The summed E-state index contributed by atoms with van der Waals surface area (Å²) in [6.45, 7) is 4.63. The third-order valence-corrected chi connectivity index (χ3v) is 4.27. The van der Waals surface area contributed by atoms with E-state index in [9.17, 15) is 9.59 Å². The Kier molecular flexibility index (Phi) is 7.38. The number of pyridine rings is 1. The van der Waals surface area contributed by atoms with Crippen LogP contribution in [0.1, 0.15) is 50.0 Å². The highest BCUT2D eigenvalue weighted by molar-refractivity contribution is 5.92. The van der Waals surface area contributed by atoms with Crippen molar-refractivity contribution in [3.05, 3.63) is 42.1 Å². The van der Waals surface area contributed by atoms with Gasteiger partial charge in [-0.1, -0.05) is 57.4 Å². The number of aromatic nitrogens is 1. The van der Waals surface area contributed by atoms with Crippen molar-refractivity contribution >= 4 is 22.8 Å². The molecule has 0 unspecified atom stereocenters. The maximum absolute atomic E-state index is 12.1. The van der Waals surface area contributed by atoms with E-state index in [-0.39, 0.29) is 18.2 Å². The fraction of sp³-hybridized carbons (Fsp3) is 0.450. The van der Waals surface area contributed by atoms with Gasteiger partial charge in [0.1, 0.15) is 5.69 Å². The lowest BCUT2D eigenvalue weighted by Crippen LogP contribution is -2.33. The van der Waals surface area contributed by atoms with E-state index < -0.39 is 5.97 Å². The van der Waals surface area contributed by atoms with Gasteiger partial charge in [0, 0.05) is 11.9 Å². The molecule has 1 N–H and O–H groups in total. The third-order valence-electron chi connectivity index (χ3n) is 4.27. The van der Waals surface area contributed by atoms with Crippen molar-refractivity contribution in [2.75, 3.05) is 13.2 Å². The highest BCUT2D eigenvalue weighted by Crippen LogP contribution is 2.13. The van der Waals surface area contributed by atoms with Crippen LogP contribution in [0.25, 0.3) is 10.9 Å². The summed E-state index contributed by atoms with van der Waals surface area (Å²) in [5, 5.41) is 3.80. The Labute approximate surface area is 148 Å².